The van der Waals surface area contributed by atoms with Gasteiger partial charge in [0, 0.05) is 12.0 Å². The van der Waals surface area contributed by atoms with Crippen LogP contribution in [-0.2, 0) is 0 Å². The molecule has 0 bridgehead atoms. The molecule has 1 aromatic carbocycles. The summed E-state index contributed by atoms with van der Waals surface area (Å²) in [7, 11) is 4.10. The van der Waals surface area contributed by atoms with E-state index in [1.165, 1.54) is 0 Å². The lowest BCUT2D eigenvalue weighted by molar-refractivity contribution is -0.899. The maximum atomic E-state index is 12.6. The second kappa shape index (κ2) is 6.31. The van der Waals surface area contributed by atoms with E-state index in [4.69, 9.17) is 0 Å². The molecule has 1 atom stereocenters. The molecule has 0 aliphatic carbocycles. The number of ketones is 1. The lowest BCUT2D eigenvalue weighted by Crippen LogP contribution is -2.52. The second-order valence-corrected chi connectivity index (χ2v) is 5.02. The summed E-state index contributed by atoms with van der Waals surface area (Å²) in [4.78, 5) is 12.6. The molecule has 1 rings (SSSR count). The van der Waals surface area contributed by atoms with Crippen LogP contribution in [0.4, 0.5) is 0 Å². The van der Waals surface area contributed by atoms with Crippen molar-refractivity contribution in [3.8, 4) is 0 Å². The molecule has 0 aromatic heterocycles. The van der Waals surface area contributed by atoms with Gasteiger partial charge in [-0.25, -0.2) is 0 Å². The molecule has 0 aliphatic heterocycles. The van der Waals surface area contributed by atoms with Crippen molar-refractivity contribution in [2.24, 2.45) is 0 Å². The van der Waals surface area contributed by atoms with E-state index in [9.17, 15) is 4.79 Å². The number of hydrogen-bond donors (Lipinski definition) is 0. The van der Waals surface area contributed by atoms with Crippen LogP contribution in [0.15, 0.2) is 55.6 Å². The molecule has 0 aliphatic rings. The van der Waals surface area contributed by atoms with Crippen molar-refractivity contribution in [3.63, 3.8) is 0 Å². The molecule has 0 saturated carbocycles. The topological polar surface area (TPSA) is 17.1 Å². The van der Waals surface area contributed by atoms with E-state index >= 15 is 0 Å². The summed E-state index contributed by atoms with van der Waals surface area (Å²) in [5.41, 5.74) is 0.764. The zero-order chi connectivity index (χ0) is 13.6. The van der Waals surface area contributed by atoms with Crippen molar-refractivity contribution in [2.75, 3.05) is 20.6 Å². The Morgan fingerprint density at radius 1 is 1.22 bits per heavy atom. The molecule has 1 aromatic rings. The molecule has 0 spiro atoms. The Hall–Kier alpha value is -1.67. The highest BCUT2D eigenvalue weighted by atomic mass is 16.1. The normalized spacial score (nSPS) is 12.8. The van der Waals surface area contributed by atoms with Gasteiger partial charge in [0.2, 0.25) is 5.78 Å². The Bertz CT molecular complexity index is 420. The second-order valence-electron chi connectivity index (χ2n) is 5.02. The summed E-state index contributed by atoms with van der Waals surface area (Å²) in [5, 5.41) is 0. The highest BCUT2D eigenvalue weighted by Gasteiger charge is 2.33. The van der Waals surface area contributed by atoms with Gasteiger partial charge >= 0.3 is 0 Å². The molecule has 0 fully saturated rings. The molecule has 18 heavy (non-hydrogen) atoms. The van der Waals surface area contributed by atoms with Gasteiger partial charge in [0.15, 0.2) is 6.04 Å². The van der Waals surface area contributed by atoms with Crippen LogP contribution in [0.2, 0.25) is 0 Å². The smallest absolute Gasteiger partial charge is 0.220 e. The molecule has 0 N–H and O–H groups in total. The van der Waals surface area contributed by atoms with E-state index in [0.717, 1.165) is 12.1 Å². The summed E-state index contributed by atoms with van der Waals surface area (Å²) >= 11 is 0. The van der Waals surface area contributed by atoms with Crippen molar-refractivity contribution < 1.29 is 9.28 Å². The van der Waals surface area contributed by atoms with Gasteiger partial charge in [-0.05, 0) is 6.08 Å². The minimum atomic E-state index is -0.108. The molecule has 0 amide bonds. The summed E-state index contributed by atoms with van der Waals surface area (Å²) in [6, 6.07) is 9.34. The fourth-order valence-electron chi connectivity index (χ4n) is 2.12. The Kier molecular flexibility index (Phi) is 5.05. The van der Waals surface area contributed by atoms with Crippen molar-refractivity contribution in [3.05, 3.63) is 61.2 Å². The quantitative estimate of drug-likeness (QED) is 0.409. The maximum absolute atomic E-state index is 12.6. The van der Waals surface area contributed by atoms with Crippen LogP contribution >= 0.6 is 0 Å². The summed E-state index contributed by atoms with van der Waals surface area (Å²) in [6.45, 7) is 8.29. The van der Waals surface area contributed by atoms with Gasteiger partial charge in [-0.2, -0.15) is 0 Å². The van der Waals surface area contributed by atoms with Gasteiger partial charge in [0.25, 0.3) is 0 Å². The molecular weight excluding hydrogens is 222 g/mol. The van der Waals surface area contributed by atoms with Crippen molar-refractivity contribution in [2.45, 2.75) is 12.5 Å². The lowest BCUT2D eigenvalue weighted by Gasteiger charge is -2.35. The molecule has 2 nitrogen and oxygen atoms in total. The molecule has 0 unspecified atom stereocenters. The number of benzene rings is 1. The molecule has 96 valence electrons. The van der Waals surface area contributed by atoms with Crippen LogP contribution in [0.1, 0.15) is 16.8 Å². The first kappa shape index (κ1) is 14.4. The first-order valence-corrected chi connectivity index (χ1v) is 6.16. The monoisotopic (exact) mass is 244 g/mol. The van der Waals surface area contributed by atoms with E-state index in [0.29, 0.717) is 10.9 Å². The number of quaternary nitrogens is 1. The third-order valence-electron chi connectivity index (χ3n) is 3.19. The van der Waals surface area contributed by atoms with Crippen molar-refractivity contribution >= 4 is 5.78 Å². The van der Waals surface area contributed by atoms with E-state index in [2.05, 4.69) is 27.3 Å². The van der Waals surface area contributed by atoms with E-state index < -0.39 is 0 Å². The number of hydrogen-bond acceptors (Lipinski definition) is 1. The summed E-state index contributed by atoms with van der Waals surface area (Å²) in [5.74, 6) is 0.169. The van der Waals surface area contributed by atoms with Crippen LogP contribution in [0.5, 0.6) is 0 Å². The predicted molar refractivity (Wildman–Crippen MR) is 76.5 cm³/mol. The highest BCUT2D eigenvalue weighted by Crippen LogP contribution is 2.17. The summed E-state index contributed by atoms with van der Waals surface area (Å²) < 4.78 is 0.600. The molecular formula is C16H22NO+. The van der Waals surface area contributed by atoms with Crippen LogP contribution in [0.3, 0.4) is 0 Å². The lowest BCUT2D eigenvalue weighted by atomic mass is 9.98. The average Bonchev–Trinajstić information content (AvgIpc) is 2.36. The standard InChI is InChI=1S/C16H22NO/c1-5-10-15(17(3,4)13-6-2)16(18)14-11-8-7-9-12-14/h5-9,11-12,15H,1-2,10,13H2,3-4H3/q+1/t15-/m1/s1. The van der Waals surface area contributed by atoms with E-state index in [1.807, 2.05) is 42.5 Å². The van der Waals surface area contributed by atoms with Gasteiger partial charge in [-0.1, -0.05) is 43.0 Å². The molecule has 0 heterocycles. The Morgan fingerprint density at radius 2 is 1.83 bits per heavy atom. The molecule has 2 heteroatoms. The Labute approximate surface area is 110 Å². The zero-order valence-corrected chi connectivity index (χ0v) is 11.3. The third kappa shape index (κ3) is 3.41. The number of nitrogens with zero attached hydrogens (tertiary/aromatic N) is 1. The van der Waals surface area contributed by atoms with Gasteiger partial charge < -0.3 is 4.48 Å². The third-order valence-corrected chi connectivity index (χ3v) is 3.19. The number of likely N-dealkylation sites (N-methyl/N-ethyl adjacent to an activating group) is 1. The summed E-state index contributed by atoms with van der Waals surface area (Å²) in [6.07, 6.45) is 4.34. The van der Waals surface area contributed by atoms with Gasteiger partial charge in [-0.15, -0.1) is 6.58 Å². The van der Waals surface area contributed by atoms with Crippen LogP contribution in [0.25, 0.3) is 0 Å². The minimum absolute atomic E-state index is 0.108. The van der Waals surface area contributed by atoms with Gasteiger partial charge in [0.05, 0.1) is 20.6 Å². The van der Waals surface area contributed by atoms with Crippen LogP contribution in [0, 0.1) is 0 Å². The number of carbonyl (C=O) groups is 1. The van der Waals surface area contributed by atoms with Gasteiger partial charge in [0.1, 0.15) is 0 Å². The fourth-order valence-corrected chi connectivity index (χ4v) is 2.12. The first-order chi connectivity index (χ1) is 8.53. The average molecular weight is 244 g/mol. The van der Waals surface area contributed by atoms with E-state index in [-0.39, 0.29) is 11.8 Å². The number of carbonyl (C=O) groups excluding carboxylic acids is 1. The SMILES string of the molecule is C=CC[C@H](C(=O)c1ccccc1)[N+](C)(C)CC=C. The van der Waals surface area contributed by atoms with Crippen molar-refractivity contribution in [1.29, 1.82) is 0 Å². The molecule has 0 saturated heterocycles. The zero-order valence-electron chi connectivity index (χ0n) is 11.3. The van der Waals surface area contributed by atoms with Crippen LogP contribution in [-0.4, -0.2) is 36.9 Å². The van der Waals surface area contributed by atoms with Crippen molar-refractivity contribution in [1.82, 2.24) is 0 Å². The fraction of sp³-hybridized carbons (Fsp3) is 0.312. The van der Waals surface area contributed by atoms with Gasteiger partial charge in [-0.3, -0.25) is 4.79 Å². The maximum Gasteiger partial charge on any atom is 0.220 e. The van der Waals surface area contributed by atoms with Crippen LogP contribution < -0.4 is 0 Å². The number of Topliss-reactive ketones (excluding diaryl/α,β-unsaturated/α-hetero) is 1. The Morgan fingerprint density at radius 3 is 2.33 bits per heavy atom. The Balaban J connectivity index is 3.02. The first-order valence-electron chi connectivity index (χ1n) is 6.16. The minimum Gasteiger partial charge on any atom is -0.316 e. The molecule has 0 radical (unpaired) electrons. The highest BCUT2D eigenvalue weighted by molar-refractivity contribution is 5.99. The predicted octanol–water partition coefficient (Wildman–Crippen LogP) is 3.08. The largest absolute Gasteiger partial charge is 0.316 e. The number of rotatable bonds is 7. The van der Waals surface area contributed by atoms with E-state index in [1.54, 1.807) is 0 Å².